The highest BCUT2D eigenvalue weighted by Crippen LogP contribution is 2.50. The lowest BCUT2D eigenvalue weighted by Gasteiger charge is -2.23. The van der Waals surface area contributed by atoms with Crippen molar-refractivity contribution in [2.75, 3.05) is 6.16 Å². The van der Waals surface area contributed by atoms with E-state index in [-0.39, 0.29) is 11.7 Å². The van der Waals surface area contributed by atoms with Crippen molar-refractivity contribution in [2.24, 2.45) is 0 Å². The Kier molecular flexibility index (Phi) is 4.36. The molecular weight excluding hydrogens is 256 g/mol. The summed E-state index contributed by atoms with van der Waals surface area (Å²) in [5.74, 6) is 0. The molecule has 0 saturated carbocycles. The molecule has 7 heteroatoms. The predicted molar refractivity (Wildman–Crippen MR) is 56.7 cm³/mol. The van der Waals surface area contributed by atoms with E-state index in [1.807, 2.05) is 0 Å². The van der Waals surface area contributed by atoms with Crippen LogP contribution in [0.2, 0.25) is 0 Å². The van der Waals surface area contributed by atoms with E-state index < -0.39 is 19.9 Å². The van der Waals surface area contributed by atoms with Gasteiger partial charge < -0.3 is 4.89 Å². The Morgan fingerprint density at radius 3 is 2.29 bits per heavy atom. The smallest absolute Gasteiger partial charge is 0.324 e. The monoisotopic (exact) mass is 268 g/mol. The van der Waals surface area contributed by atoms with Gasteiger partial charge in [-0.25, -0.2) is 0 Å². The Hall–Kier alpha value is -0.840. The van der Waals surface area contributed by atoms with Crippen molar-refractivity contribution < 1.29 is 27.2 Å². The standard InChI is InChI=1S/C10H12F3O3P/c1-2-17(14,15)16-9(10(11,12)13)8-6-4-3-5-7-8/h3-7,9H,2H2,1H3,(H,14,15). The Morgan fingerprint density at radius 1 is 1.35 bits per heavy atom. The molecule has 1 aromatic rings. The molecule has 2 unspecified atom stereocenters. The number of benzene rings is 1. The van der Waals surface area contributed by atoms with Gasteiger partial charge in [0.1, 0.15) is 0 Å². The maximum absolute atomic E-state index is 12.7. The third-order valence-electron chi connectivity index (χ3n) is 2.07. The van der Waals surface area contributed by atoms with Gasteiger partial charge in [-0.1, -0.05) is 37.3 Å². The van der Waals surface area contributed by atoms with Crippen LogP contribution in [-0.2, 0) is 9.09 Å². The average molecular weight is 268 g/mol. The first-order valence-corrected chi connectivity index (χ1v) is 6.64. The molecule has 2 atom stereocenters. The summed E-state index contributed by atoms with van der Waals surface area (Å²) in [5.41, 5.74) is -0.192. The second kappa shape index (κ2) is 5.21. The molecule has 0 aliphatic heterocycles. The van der Waals surface area contributed by atoms with Crippen LogP contribution in [0.3, 0.4) is 0 Å². The summed E-state index contributed by atoms with van der Waals surface area (Å²) in [6, 6.07) is 6.77. The van der Waals surface area contributed by atoms with Gasteiger partial charge in [0.2, 0.25) is 0 Å². The van der Waals surface area contributed by atoms with Crippen molar-refractivity contribution in [3.05, 3.63) is 35.9 Å². The number of alkyl halides is 3. The molecule has 0 spiro atoms. The molecule has 0 heterocycles. The van der Waals surface area contributed by atoms with Crippen LogP contribution in [0.25, 0.3) is 0 Å². The topological polar surface area (TPSA) is 46.5 Å². The minimum absolute atomic E-state index is 0.192. The maximum atomic E-state index is 12.7. The van der Waals surface area contributed by atoms with Crippen LogP contribution < -0.4 is 0 Å². The first kappa shape index (κ1) is 14.2. The van der Waals surface area contributed by atoms with Gasteiger partial charge in [0, 0.05) is 6.16 Å². The van der Waals surface area contributed by atoms with Crippen molar-refractivity contribution >= 4 is 7.60 Å². The highest BCUT2D eigenvalue weighted by molar-refractivity contribution is 7.52. The third-order valence-corrected chi connectivity index (χ3v) is 3.41. The zero-order valence-corrected chi connectivity index (χ0v) is 9.91. The van der Waals surface area contributed by atoms with E-state index >= 15 is 0 Å². The number of rotatable bonds is 4. The average Bonchev–Trinajstić information content (AvgIpc) is 2.26. The van der Waals surface area contributed by atoms with Crippen molar-refractivity contribution in [3.8, 4) is 0 Å². The fourth-order valence-electron chi connectivity index (χ4n) is 1.18. The summed E-state index contributed by atoms with van der Waals surface area (Å²) in [7, 11) is -4.21. The van der Waals surface area contributed by atoms with Gasteiger partial charge >= 0.3 is 13.8 Å². The van der Waals surface area contributed by atoms with Crippen LogP contribution in [0.4, 0.5) is 13.2 Å². The molecule has 0 aromatic heterocycles. The largest absolute Gasteiger partial charge is 0.419 e. The Balaban J connectivity index is 3.03. The van der Waals surface area contributed by atoms with Gasteiger partial charge in [-0.15, -0.1) is 0 Å². The molecule has 0 aliphatic rings. The Morgan fingerprint density at radius 2 is 1.88 bits per heavy atom. The van der Waals surface area contributed by atoms with Crippen molar-refractivity contribution in [3.63, 3.8) is 0 Å². The number of hydrogen-bond donors (Lipinski definition) is 1. The van der Waals surface area contributed by atoms with Crippen molar-refractivity contribution in [1.29, 1.82) is 0 Å². The SMILES string of the molecule is CCP(=O)(O)OC(c1ccccc1)C(F)(F)F. The van der Waals surface area contributed by atoms with Crippen LogP contribution in [-0.4, -0.2) is 17.2 Å². The molecular formula is C10H12F3O3P. The molecule has 3 nitrogen and oxygen atoms in total. The summed E-state index contributed by atoms with van der Waals surface area (Å²) in [4.78, 5) is 9.15. The molecule has 0 aliphatic carbocycles. The number of halogens is 3. The van der Waals surface area contributed by atoms with Gasteiger partial charge in [-0.2, -0.15) is 13.2 Å². The van der Waals surface area contributed by atoms with E-state index in [9.17, 15) is 17.7 Å². The minimum atomic E-state index is -4.73. The minimum Gasteiger partial charge on any atom is -0.324 e. The Labute approximate surface area is 96.8 Å². The molecule has 17 heavy (non-hydrogen) atoms. The molecule has 1 N–H and O–H groups in total. The normalized spacial score (nSPS) is 17.5. The molecule has 96 valence electrons. The van der Waals surface area contributed by atoms with Gasteiger partial charge in [-0.05, 0) is 5.56 Å². The van der Waals surface area contributed by atoms with E-state index in [4.69, 9.17) is 4.89 Å². The van der Waals surface area contributed by atoms with Crippen molar-refractivity contribution in [1.82, 2.24) is 0 Å². The van der Waals surface area contributed by atoms with E-state index in [0.29, 0.717) is 0 Å². The molecule has 1 rings (SSSR count). The summed E-state index contributed by atoms with van der Waals surface area (Å²) >= 11 is 0. The molecule has 0 fully saturated rings. The van der Waals surface area contributed by atoms with Gasteiger partial charge in [-0.3, -0.25) is 9.09 Å². The van der Waals surface area contributed by atoms with E-state index in [2.05, 4.69) is 4.52 Å². The van der Waals surface area contributed by atoms with Crippen LogP contribution in [0.1, 0.15) is 18.6 Å². The summed E-state index contributed by atoms with van der Waals surface area (Å²) < 4.78 is 53.7. The lowest BCUT2D eigenvalue weighted by atomic mass is 10.1. The first-order chi connectivity index (χ1) is 7.76. The van der Waals surface area contributed by atoms with Crippen LogP contribution in [0.15, 0.2) is 30.3 Å². The molecule has 0 radical (unpaired) electrons. The van der Waals surface area contributed by atoms with Crippen molar-refractivity contribution in [2.45, 2.75) is 19.2 Å². The lowest BCUT2D eigenvalue weighted by Crippen LogP contribution is -2.23. The quantitative estimate of drug-likeness (QED) is 0.850. The van der Waals surface area contributed by atoms with Gasteiger partial charge in [0.05, 0.1) is 0 Å². The predicted octanol–water partition coefficient (Wildman–Crippen LogP) is 3.51. The molecule has 0 amide bonds. The van der Waals surface area contributed by atoms with E-state index in [1.54, 1.807) is 6.07 Å². The van der Waals surface area contributed by atoms with Gasteiger partial charge in [0.15, 0.2) is 6.10 Å². The summed E-state index contributed by atoms with van der Waals surface area (Å²) in [6.07, 6.45) is -7.47. The molecule has 1 aromatic carbocycles. The van der Waals surface area contributed by atoms with E-state index in [0.717, 1.165) is 0 Å². The van der Waals surface area contributed by atoms with Crippen LogP contribution in [0.5, 0.6) is 0 Å². The fourth-order valence-corrected chi connectivity index (χ4v) is 1.90. The second-order valence-corrected chi connectivity index (χ2v) is 5.51. The zero-order chi connectivity index (χ0) is 13.1. The molecule has 0 saturated heterocycles. The highest BCUT2D eigenvalue weighted by Gasteiger charge is 2.45. The lowest BCUT2D eigenvalue weighted by molar-refractivity contribution is -0.199. The van der Waals surface area contributed by atoms with Gasteiger partial charge in [0.25, 0.3) is 0 Å². The van der Waals surface area contributed by atoms with E-state index in [1.165, 1.54) is 31.2 Å². The summed E-state index contributed by atoms with van der Waals surface area (Å²) in [6.45, 7) is 1.29. The first-order valence-electron chi connectivity index (χ1n) is 4.88. The molecule has 0 bridgehead atoms. The van der Waals surface area contributed by atoms with Crippen LogP contribution >= 0.6 is 7.60 Å². The third kappa shape index (κ3) is 4.15. The van der Waals surface area contributed by atoms with Crippen LogP contribution in [0, 0.1) is 0 Å². The highest BCUT2D eigenvalue weighted by atomic mass is 31.2. The summed E-state index contributed by atoms with van der Waals surface area (Å²) in [5, 5.41) is 0. The second-order valence-electron chi connectivity index (χ2n) is 3.39. The Bertz CT molecular complexity index is 405. The fraction of sp³-hybridized carbons (Fsp3) is 0.400. The maximum Gasteiger partial charge on any atom is 0.419 e. The number of hydrogen-bond acceptors (Lipinski definition) is 2. The zero-order valence-electron chi connectivity index (χ0n) is 9.02.